The molecular formula is C11H12NO3-. The van der Waals surface area contributed by atoms with Crippen LogP contribution in [0.2, 0.25) is 0 Å². The number of carbonyl (C=O) groups is 2. The summed E-state index contributed by atoms with van der Waals surface area (Å²) < 4.78 is 0. The fourth-order valence-corrected chi connectivity index (χ4v) is 2.01. The molecular weight excluding hydrogens is 194 g/mol. The Morgan fingerprint density at radius 2 is 2.40 bits per heavy atom. The first-order valence-corrected chi connectivity index (χ1v) is 5.03. The minimum Gasteiger partial charge on any atom is -0.550 e. The zero-order valence-corrected chi connectivity index (χ0v) is 8.29. The summed E-state index contributed by atoms with van der Waals surface area (Å²) >= 11 is 0. The lowest BCUT2D eigenvalue weighted by Gasteiger charge is -2.25. The van der Waals surface area contributed by atoms with Crippen LogP contribution in [0.3, 0.4) is 0 Å². The fourth-order valence-electron chi connectivity index (χ4n) is 2.01. The largest absolute Gasteiger partial charge is 0.550 e. The molecule has 0 saturated carbocycles. The number of aliphatic carboxylic acids is 1. The lowest BCUT2D eigenvalue weighted by atomic mass is 9.84. The van der Waals surface area contributed by atoms with E-state index in [0.29, 0.717) is 6.54 Å². The van der Waals surface area contributed by atoms with E-state index >= 15 is 0 Å². The first kappa shape index (κ1) is 10.1. The monoisotopic (exact) mass is 206 g/mol. The number of ketones is 1. The topological polar surface area (TPSA) is 69.2 Å². The van der Waals surface area contributed by atoms with Crippen molar-refractivity contribution in [1.29, 1.82) is 0 Å². The van der Waals surface area contributed by atoms with Crippen LogP contribution in [0.5, 0.6) is 0 Å². The van der Waals surface area contributed by atoms with Crippen molar-refractivity contribution in [2.45, 2.75) is 12.8 Å². The van der Waals surface area contributed by atoms with E-state index < -0.39 is 11.9 Å². The Morgan fingerprint density at radius 1 is 1.60 bits per heavy atom. The third-order valence-corrected chi connectivity index (χ3v) is 2.81. The maximum atomic E-state index is 11.9. The second kappa shape index (κ2) is 3.98. The molecule has 0 amide bonds. The molecule has 1 aliphatic heterocycles. The highest BCUT2D eigenvalue weighted by Gasteiger charge is 2.26. The molecule has 15 heavy (non-hydrogen) atoms. The number of hydrogen-bond donors (Lipinski definition) is 1. The number of hydrogen-bond acceptors (Lipinski definition) is 4. The van der Waals surface area contributed by atoms with E-state index in [4.69, 9.17) is 0 Å². The molecule has 1 unspecified atom stereocenters. The zero-order valence-electron chi connectivity index (χ0n) is 8.29. The second-order valence-electron chi connectivity index (χ2n) is 3.84. The van der Waals surface area contributed by atoms with E-state index in [-0.39, 0.29) is 12.2 Å². The highest BCUT2D eigenvalue weighted by molar-refractivity contribution is 6.02. The number of carbonyl (C=O) groups excluding carboxylic acids is 2. The highest BCUT2D eigenvalue weighted by Crippen LogP contribution is 2.25. The normalized spacial score (nSPS) is 25.3. The molecule has 0 radical (unpaired) electrons. The molecule has 1 atom stereocenters. The zero-order chi connectivity index (χ0) is 10.8. The van der Waals surface area contributed by atoms with Crippen LogP contribution >= 0.6 is 0 Å². The Balaban J connectivity index is 2.18. The molecule has 0 saturated heterocycles. The van der Waals surface area contributed by atoms with Crippen LogP contribution in [0.4, 0.5) is 0 Å². The number of carboxylic acid groups (broad SMARTS) is 1. The van der Waals surface area contributed by atoms with E-state index in [9.17, 15) is 14.7 Å². The summed E-state index contributed by atoms with van der Waals surface area (Å²) in [5, 5.41) is 13.6. The molecule has 0 aromatic heterocycles. The van der Waals surface area contributed by atoms with Crippen molar-refractivity contribution < 1.29 is 14.7 Å². The van der Waals surface area contributed by atoms with Gasteiger partial charge in [0.05, 0.1) is 0 Å². The van der Waals surface area contributed by atoms with Crippen LogP contribution in [0.25, 0.3) is 0 Å². The van der Waals surface area contributed by atoms with Gasteiger partial charge in [-0.3, -0.25) is 4.79 Å². The molecule has 0 spiro atoms. The Bertz CT molecular complexity index is 368. The van der Waals surface area contributed by atoms with Crippen molar-refractivity contribution in [3.63, 3.8) is 0 Å². The van der Waals surface area contributed by atoms with E-state index in [2.05, 4.69) is 5.32 Å². The lowest BCUT2D eigenvalue weighted by molar-refractivity contribution is -0.306. The predicted octanol–water partition coefficient (Wildman–Crippen LogP) is -0.829. The molecule has 1 aliphatic carbocycles. The average molecular weight is 206 g/mol. The SMILES string of the molecule is O=C([O-])CC1C=CC2=C(CNCC2)C1=O. The van der Waals surface area contributed by atoms with Gasteiger partial charge in [-0.2, -0.15) is 0 Å². The van der Waals surface area contributed by atoms with Gasteiger partial charge in [0.25, 0.3) is 0 Å². The van der Waals surface area contributed by atoms with Gasteiger partial charge in [0, 0.05) is 30.4 Å². The molecule has 0 aromatic rings. The number of carboxylic acids is 1. The quantitative estimate of drug-likeness (QED) is 0.640. The first-order valence-electron chi connectivity index (χ1n) is 5.03. The summed E-state index contributed by atoms with van der Waals surface area (Å²) in [5.74, 6) is -1.77. The molecule has 1 N–H and O–H groups in total. The summed E-state index contributed by atoms with van der Waals surface area (Å²) in [4.78, 5) is 22.3. The standard InChI is InChI=1S/C11H13NO3/c13-10(14)5-8-2-1-7-3-4-12-6-9(7)11(8)15/h1-2,8,12H,3-6H2,(H,13,14)/p-1. The Hall–Kier alpha value is -1.42. The van der Waals surface area contributed by atoms with E-state index in [1.165, 1.54) is 0 Å². The average Bonchev–Trinajstić information content (AvgIpc) is 2.22. The highest BCUT2D eigenvalue weighted by atomic mass is 16.4. The van der Waals surface area contributed by atoms with E-state index in [1.807, 2.05) is 6.08 Å². The summed E-state index contributed by atoms with van der Waals surface area (Å²) in [6.45, 7) is 1.43. The molecule has 4 nitrogen and oxygen atoms in total. The third-order valence-electron chi connectivity index (χ3n) is 2.81. The van der Waals surface area contributed by atoms with Gasteiger partial charge < -0.3 is 15.2 Å². The summed E-state index contributed by atoms with van der Waals surface area (Å²) in [7, 11) is 0. The van der Waals surface area contributed by atoms with Crippen LogP contribution in [-0.2, 0) is 9.59 Å². The van der Waals surface area contributed by atoms with E-state index in [0.717, 1.165) is 24.1 Å². The van der Waals surface area contributed by atoms with Crippen molar-refractivity contribution in [2.75, 3.05) is 13.1 Å². The maximum Gasteiger partial charge on any atom is 0.167 e. The van der Waals surface area contributed by atoms with Crippen LogP contribution < -0.4 is 10.4 Å². The minimum absolute atomic E-state index is 0.0658. The van der Waals surface area contributed by atoms with Gasteiger partial charge in [0.1, 0.15) is 0 Å². The Morgan fingerprint density at radius 3 is 3.13 bits per heavy atom. The molecule has 2 aliphatic rings. The van der Waals surface area contributed by atoms with Gasteiger partial charge in [0.15, 0.2) is 5.78 Å². The van der Waals surface area contributed by atoms with Crippen LogP contribution in [0, 0.1) is 5.92 Å². The Labute approximate surface area is 87.7 Å². The van der Waals surface area contributed by atoms with Gasteiger partial charge in [0.2, 0.25) is 0 Å². The van der Waals surface area contributed by atoms with Gasteiger partial charge in [-0.25, -0.2) is 0 Å². The third kappa shape index (κ3) is 1.99. The number of rotatable bonds is 2. The second-order valence-corrected chi connectivity index (χ2v) is 3.84. The van der Waals surface area contributed by atoms with Gasteiger partial charge in [-0.1, -0.05) is 12.2 Å². The molecule has 0 aromatic carbocycles. The van der Waals surface area contributed by atoms with Crippen molar-refractivity contribution in [3.05, 3.63) is 23.3 Å². The van der Waals surface area contributed by atoms with Crippen molar-refractivity contribution in [1.82, 2.24) is 5.32 Å². The minimum atomic E-state index is -1.18. The van der Waals surface area contributed by atoms with Crippen LogP contribution in [0.1, 0.15) is 12.8 Å². The molecule has 80 valence electrons. The van der Waals surface area contributed by atoms with Crippen molar-refractivity contribution >= 4 is 11.8 Å². The molecule has 1 heterocycles. The number of nitrogens with one attached hydrogen (secondary N) is 1. The predicted molar refractivity (Wildman–Crippen MR) is 51.8 cm³/mol. The number of Topliss-reactive ketones (excluding diaryl/α,β-unsaturated/α-hetero) is 1. The molecule has 4 heteroatoms. The van der Waals surface area contributed by atoms with Crippen LogP contribution in [-0.4, -0.2) is 24.8 Å². The summed E-state index contributed by atoms with van der Waals surface area (Å²) in [6, 6.07) is 0. The van der Waals surface area contributed by atoms with Crippen molar-refractivity contribution in [3.8, 4) is 0 Å². The summed E-state index contributed by atoms with van der Waals surface area (Å²) in [5.41, 5.74) is 1.79. The Kier molecular flexibility index (Phi) is 2.68. The number of allylic oxidation sites excluding steroid dienone is 2. The molecule has 0 bridgehead atoms. The van der Waals surface area contributed by atoms with Gasteiger partial charge in [-0.15, -0.1) is 0 Å². The van der Waals surface area contributed by atoms with Gasteiger partial charge >= 0.3 is 0 Å². The smallest absolute Gasteiger partial charge is 0.167 e. The van der Waals surface area contributed by atoms with Gasteiger partial charge in [-0.05, 0) is 18.5 Å². The van der Waals surface area contributed by atoms with E-state index in [1.54, 1.807) is 6.08 Å². The maximum absolute atomic E-state index is 11.9. The first-order chi connectivity index (χ1) is 7.18. The lowest BCUT2D eigenvalue weighted by Crippen LogP contribution is -2.35. The molecule has 0 fully saturated rings. The fraction of sp³-hybridized carbons (Fsp3) is 0.455. The summed E-state index contributed by atoms with van der Waals surface area (Å²) in [6.07, 6.45) is 4.19. The van der Waals surface area contributed by atoms with Crippen molar-refractivity contribution in [2.24, 2.45) is 5.92 Å². The van der Waals surface area contributed by atoms with Crippen LogP contribution in [0.15, 0.2) is 23.3 Å². The molecule has 2 rings (SSSR count).